The first kappa shape index (κ1) is 22.5. The molecular weight excluding hydrogens is 376 g/mol. The van der Waals surface area contributed by atoms with E-state index in [0.29, 0.717) is 22.2 Å². The molecule has 0 aliphatic heterocycles. The van der Waals surface area contributed by atoms with Crippen LogP contribution in [0.25, 0.3) is 0 Å². The molecular formula is C30H50O. The van der Waals surface area contributed by atoms with Gasteiger partial charge in [0.2, 0.25) is 0 Å². The SMILES string of the molecule is C[C@@H]1[C@H]2C3=CC[C@@H]4[C@]5(C)CC[C@H](O)C(C)(C)[C@@H]5CC[C@]4(C)[C@]3(C)CC[C@H]2[C@@H](C)C[C@H]1C. The van der Waals surface area contributed by atoms with E-state index in [1.807, 2.05) is 5.57 Å². The monoisotopic (exact) mass is 426 g/mol. The van der Waals surface area contributed by atoms with Crippen molar-refractivity contribution in [2.24, 2.45) is 63.1 Å². The number of hydrogen-bond donors (Lipinski definition) is 1. The molecule has 0 radical (unpaired) electrons. The third-order valence-corrected chi connectivity index (χ3v) is 13.2. The van der Waals surface area contributed by atoms with Crippen LogP contribution in [0.15, 0.2) is 11.6 Å². The third-order valence-electron chi connectivity index (χ3n) is 13.2. The molecule has 0 heterocycles. The highest BCUT2D eigenvalue weighted by Crippen LogP contribution is 2.74. The van der Waals surface area contributed by atoms with Gasteiger partial charge in [0.25, 0.3) is 0 Å². The summed E-state index contributed by atoms with van der Waals surface area (Å²) in [6, 6.07) is 0. The van der Waals surface area contributed by atoms with E-state index in [1.54, 1.807) is 0 Å². The molecule has 176 valence electrons. The maximum Gasteiger partial charge on any atom is 0.0594 e. The maximum absolute atomic E-state index is 10.9. The zero-order valence-electron chi connectivity index (χ0n) is 21.8. The van der Waals surface area contributed by atoms with E-state index < -0.39 is 0 Å². The van der Waals surface area contributed by atoms with Gasteiger partial charge in [-0.05, 0) is 114 Å². The van der Waals surface area contributed by atoms with Gasteiger partial charge in [-0.3, -0.25) is 0 Å². The highest BCUT2D eigenvalue weighted by atomic mass is 16.3. The lowest BCUT2D eigenvalue weighted by atomic mass is 9.34. The summed E-state index contributed by atoms with van der Waals surface area (Å²) in [6.45, 7) is 20.4. The highest BCUT2D eigenvalue weighted by Gasteiger charge is 2.67. The van der Waals surface area contributed by atoms with E-state index in [2.05, 4.69) is 61.5 Å². The average molecular weight is 427 g/mol. The summed E-state index contributed by atoms with van der Waals surface area (Å²) in [5.74, 6) is 5.75. The minimum Gasteiger partial charge on any atom is -0.393 e. The Kier molecular flexibility index (Phi) is 4.98. The van der Waals surface area contributed by atoms with Crippen LogP contribution in [0.4, 0.5) is 0 Å². The first-order valence-corrected chi connectivity index (χ1v) is 13.8. The number of rotatable bonds is 0. The molecule has 31 heavy (non-hydrogen) atoms. The van der Waals surface area contributed by atoms with Crippen LogP contribution in [0.2, 0.25) is 0 Å². The Balaban J connectivity index is 1.57. The number of aliphatic hydroxyl groups excluding tert-OH is 1. The molecule has 11 atom stereocenters. The molecule has 1 heteroatoms. The van der Waals surface area contributed by atoms with Crippen LogP contribution in [0.5, 0.6) is 0 Å². The molecule has 0 bridgehead atoms. The van der Waals surface area contributed by atoms with Crippen molar-refractivity contribution < 1.29 is 5.11 Å². The second-order valence-electron chi connectivity index (χ2n) is 14.4. The maximum atomic E-state index is 10.9. The Morgan fingerprint density at radius 1 is 0.839 bits per heavy atom. The third kappa shape index (κ3) is 2.71. The van der Waals surface area contributed by atoms with Crippen LogP contribution in [0, 0.1) is 63.1 Å². The number of aliphatic hydroxyl groups is 1. The van der Waals surface area contributed by atoms with E-state index in [0.717, 1.165) is 41.9 Å². The lowest BCUT2D eigenvalue weighted by Gasteiger charge is -2.71. The molecule has 0 saturated heterocycles. The van der Waals surface area contributed by atoms with Gasteiger partial charge in [0.1, 0.15) is 0 Å². The molecule has 4 saturated carbocycles. The van der Waals surface area contributed by atoms with E-state index in [9.17, 15) is 5.11 Å². The molecule has 1 N–H and O–H groups in total. The van der Waals surface area contributed by atoms with Gasteiger partial charge < -0.3 is 5.11 Å². The fourth-order valence-corrected chi connectivity index (χ4v) is 11.0. The van der Waals surface area contributed by atoms with Crippen LogP contribution in [-0.2, 0) is 0 Å². The van der Waals surface area contributed by atoms with Gasteiger partial charge in [-0.2, -0.15) is 0 Å². The van der Waals surface area contributed by atoms with Gasteiger partial charge in [0, 0.05) is 0 Å². The summed E-state index contributed by atoms with van der Waals surface area (Å²) in [7, 11) is 0. The summed E-state index contributed by atoms with van der Waals surface area (Å²) in [5.41, 5.74) is 3.10. The standard InChI is InChI=1S/C30H50O/c1-18-17-19(2)21-11-15-29(7)22(26(21)20(18)3)9-10-24-28(6)14-13-25(31)27(4,5)23(28)12-16-30(24,29)8/h9,18-21,23-26,31H,10-17H2,1-8H3/t18-,19+,20+,21+,23+,24-,25+,26-,28-,29-,30+/m1/s1. The predicted octanol–water partition coefficient (Wildman–Crippen LogP) is 7.88. The molecule has 5 aliphatic carbocycles. The molecule has 1 nitrogen and oxygen atoms in total. The zero-order valence-corrected chi connectivity index (χ0v) is 21.8. The number of allylic oxidation sites excluding steroid dienone is 2. The first-order chi connectivity index (χ1) is 14.4. The molecule has 5 rings (SSSR count). The van der Waals surface area contributed by atoms with Crippen LogP contribution in [0.3, 0.4) is 0 Å². The molecule has 0 amide bonds. The van der Waals surface area contributed by atoms with E-state index in [4.69, 9.17) is 0 Å². The molecule has 5 aliphatic rings. The molecule has 0 spiro atoms. The van der Waals surface area contributed by atoms with Gasteiger partial charge in [-0.15, -0.1) is 0 Å². The van der Waals surface area contributed by atoms with Crippen molar-refractivity contribution in [3.05, 3.63) is 11.6 Å². The molecule has 4 fully saturated rings. The normalized spacial score (nSPS) is 58.3. The van der Waals surface area contributed by atoms with Gasteiger partial charge >= 0.3 is 0 Å². The minimum absolute atomic E-state index is 0.0552. The van der Waals surface area contributed by atoms with Crippen molar-refractivity contribution in [2.45, 2.75) is 113 Å². The smallest absolute Gasteiger partial charge is 0.0594 e. The van der Waals surface area contributed by atoms with E-state index >= 15 is 0 Å². The summed E-state index contributed by atoms with van der Waals surface area (Å²) >= 11 is 0. The number of hydrogen-bond acceptors (Lipinski definition) is 1. The topological polar surface area (TPSA) is 20.2 Å². The van der Waals surface area contributed by atoms with Gasteiger partial charge in [0.15, 0.2) is 0 Å². The van der Waals surface area contributed by atoms with Crippen molar-refractivity contribution in [2.75, 3.05) is 0 Å². The van der Waals surface area contributed by atoms with Gasteiger partial charge in [-0.25, -0.2) is 0 Å². The highest BCUT2D eigenvalue weighted by molar-refractivity contribution is 5.32. The summed E-state index contributed by atoms with van der Waals surface area (Å²) < 4.78 is 0. The summed E-state index contributed by atoms with van der Waals surface area (Å²) in [6.07, 6.45) is 13.1. The quantitative estimate of drug-likeness (QED) is 0.390. The Bertz CT molecular complexity index is 764. The second-order valence-corrected chi connectivity index (χ2v) is 14.4. The molecule has 0 aromatic heterocycles. The van der Waals surface area contributed by atoms with Crippen molar-refractivity contribution in [3.8, 4) is 0 Å². The first-order valence-electron chi connectivity index (χ1n) is 13.8. The van der Waals surface area contributed by atoms with E-state index in [-0.39, 0.29) is 11.5 Å². The van der Waals surface area contributed by atoms with Crippen LogP contribution in [-0.4, -0.2) is 11.2 Å². The summed E-state index contributed by atoms with van der Waals surface area (Å²) in [5, 5.41) is 10.9. The lowest BCUT2D eigenvalue weighted by Crippen LogP contribution is -2.64. The second kappa shape index (κ2) is 6.86. The Hall–Kier alpha value is -0.300. The van der Waals surface area contributed by atoms with Crippen LogP contribution >= 0.6 is 0 Å². The summed E-state index contributed by atoms with van der Waals surface area (Å²) in [4.78, 5) is 0. The Morgan fingerprint density at radius 3 is 2.26 bits per heavy atom. The van der Waals surface area contributed by atoms with Gasteiger partial charge in [-0.1, -0.05) is 67.0 Å². The largest absolute Gasteiger partial charge is 0.393 e. The lowest BCUT2D eigenvalue weighted by molar-refractivity contribution is -0.201. The number of fused-ring (bicyclic) bond motifs is 7. The predicted molar refractivity (Wildman–Crippen MR) is 131 cm³/mol. The van der Waals surface area contributed by atoms with Crippen molar-refractivity contribution in [1.82, 2.24) is 0 Å². The van der Waals surface area contributed by atoms with Crippen molar-refractivity contribution in [1.29, 1.82) is 0 Å². The van der Waals surface area contributed by atoms with E-state index in [1.165, 1.54) is 44.9 Å². The van der Waals surface area contributed by atoms with Crippen molar-refractivity contribution >= 4 is 0 Å². The molecule has 0 aromatic rings. The van der Waals surface area contributed by atoms with Gasteiger partial charge in [0.05, 0.1) is 6.10 Å². The molecule has 0 unspecified atom stereocenters. The molecule has 0 aromatic carbocycles. The Morgan fingerprint density at radius 2 is 1.55 bits per heavy atom. The van der Waals surface area contributed by atoms with Crippen molar-refractivity contribution in [3.63, 3.8) is 0 Å². The fraction of sp³-hybridized carbons (Fsp3) is 0.933. The minimum atomic E-state index is -0.123. The Labute approximate surface area is 192 Å². The van der Waals surface area contributed by atoms with Crippen LogP contribution < -0.4 is 0 Å². The van der Waals surface area contributed by atoms with Crippen LogP contribution in [0.1, 0.15) is 107 Å². The fourth-order valence-electron chi connectivity index (χ4n) is 11.0. The zero-order chi connectivity index (χ0) is 22.6. The average Bonchev–Trinajstić information content (AvgIpc) is 2.69.